The number of nitrogens with one attached hydrogen (secondary N) is 1. The molecule has 0 spiro atoms. The monoisotopic (exact) mass is 495 g/mol. The molecule has 1 aliphatic carbocycles. The van der Waals surface area contributed by atoms with Gasteiger partial charge in [0, 0.05) is 24.2 Å². The summed E-state index contributed by atoms with van der Waals surface area (Å²) in [5, 5.41) is 4.34. The molecule has 0 aliphatic heterocycles. The lowest BCUT2D eigenvalue weighted by Crippen LogP contribution is -2.26. The molecule has 0 atom stereocenters. The summed E-state index contributed by atoms with van der Waals surface area (Å²) in [4.78, 5) is 16.2. The maximum atomic E-state index is 11.4. The minimum Gasteiger partial charge on any atom is -0.494 e. The second-order valence-electron chi connectivity index (χ2n) is 8.81. The summed E-state index contributed by atoms with van der Waals surface area (Å²) in [6.07, 6.45) is 1.91. The van der Waals surface area contributed by atoms with Gasteiger partial charge in [-0.15, -0.1) is 0 Å². The number of ether oxygens (including phenoxy) is 2. The average Bonchev–Trinajstić information content (AvgIpc) is 3.19. The van der Waals surface area contributed by atoms with E-state index in [1.807, 2.05) is 36.4 Å². The van der Waals surface area contributed by atoms with Gasteiger partial charge in [0.15, 0.2) is 0 Å². The number of rotatable bonds is 15. The Morgan fingerprint density at radius 3 is 1.61 bits per heavy atom. The third kappa shape index (κ3) is 7.21. The van der Waals surface area contributed by atoms with Gasteiger partial charge in [0.05, 0.1) is 18.9 Å². The molecule has 0 bridgehead atoms. The number of benzene rings is 2. The molecule has 0 unspecified atom stereocenters. The van der Waals surface area contributed by atoms with Gasteiger partial charge >= 0.3 is 6.03 Å². The number of primary amides is 1. The fourth-order valence-electron chi connectivity index (χ4n) is 4.50. The van der Waals surface area contributed by atoms with Gasteiger partial charge in [-0.05, 0) is 86.5 Å². The summed E-state index contributed by atoms with van der Waals surface area (Å²) in [6, 6.07) is 11.3. The molecule has 0 fully saturated rings. The van der Waals surface area contributed by atoms with Crippen molar-refractivity contribution in [2.45, 2.75) is 40.5 Å². The van der Waals surface area contributed by atoms with Crippen molar-refractivity contribution < 1.29 is 14.3 Å². The SMILES string of the molecule is CCN(CC)CCCOc1ccc2c(c1)C(=NNC(N)=O)c1cc(OCCCN(CC)CC)ccc1-2. The fourth-order valence-corrected chi connectivity index (χ4v) is 4.50. The summed E-state index contributed by atoms with van der Waals surface area (Å²) >= 11 is 0. The first kappa shape index (κ1) is 27.5. The van der Waals surface area contributed by atoms with E-state index >= 15 is 0 Å². The Kier molecular flexibility index (Phi) is 10.6. The number of hydrogen-bond donors (Lipinski definition) is 2. The van der Waals surface area contributed by atoms with Gasteiger partial charge in [0.25, 0.3) is 0 Å². The van der Waals surface area contributed by atoms with E-state index in [0.29, 0.717) is 18.9 Å². The molecular weight excluding hydrogens is 454 g/mol. The lowest BCUT2D eigenvalue weighted by molar-refractivity contribution is 0.249. The van der Waals surface area contributed by atoms with Gasteiger partial charge in [0.1, 0.15) is 11.5 Å². The molecule has 0 heterocycles. The van der Waals surface area contributed by atoms with Crippen LogP contribution in [0, 0.1) is 0 Å². The predicted molar refractivity (Wildman–Crippen MR) is 146 cm³/mol. The molecule has 3 rings (SSSR count). The van der Waals surface area contributed by atoms with E-state index in [4.69, 9.17) is 15.2 Å². The van der Waals surface area contributed by atoms with Gasteiger partial charge in [-0.3, -0.25) is 0 Å². The quantitative estimate of drug-likeness (QED) is 0.242. The van der Waals surface area contributed by atoms with E-state index in [1.54, 1.807) is 0 Å². The van der Waals surface area contributed by atoms with Crippen molar-refractivity contribution in [1.82, 2.24) is 15.2 Å². The third-order valence-corrected chi connectivity index (χ3v) is 6.62. The number of carbonyl (C=O) groups excluding carboxylic acids is 1. The minimum absolute atomic E-state index is 0.639. The molecule has 0 saturated carbocycles. The van der Waals surface area contributed by atoms with Gasteiger partial charge in [0.2, 0.25) is 0 Å². The molecule has 8 nitrogen and oxygen atoms in total. The van der Waals surface area contributed by atoms with Crippen LogP contribution in [0.4, 0.5) is 4.79 Å². The van der Waals surface area contributed by atoms with Crippen LogP contribution in [0.25, 0.3) is 11.1 Å². The standard InChI is InChI=1S/C28H41N5O3/c1-5-32(6-2)15-9-17-35-21-11-13-23-24-14-12-22(36-18-10-16-33(7-3)8-4)20-26(24)27(25(23)19-21)30-31-28(29)34/h11-14,19-20H,5-10,15-18H2,1-4H3,(H3,29,31,34). The van der Waals surface area contributed by atoms with Crippen LogP contribution in [0.2, 0.25) is 0 Å². The number of carbonyl (C=O) groups is 1. The molecular formula is C28H41N5O3. The Balaban J connectivity index is 1.73. The van der Waals surface area contributed by atoms with Crippen LogP contribution in [-0.2, 0) is 0 Å². The van der Waals surface area contributed by atoms with Gasteiger partial charge < -0.3 is 25.0 Å². The topological polar surface area (TPSA) is 92.4 Å². The van der Waals surface area contributed by atoms with Crippen LogP contribution in [0.1, 0.15) is 51.7 Å². The third-order valence-electron chi connectivity index (χ3n) is 6.62. The highest BCUT2D eigenvalue weighted by Crippen LogP contribution is 2.40. The molecule has 0 saturated heterocycles. The van der Waals surface area contributed by atoms with Crippen LogP contribution >= 0.6 is 0 Å². The summed E-state index contributed by atoms with van der Waals surface area (Å²) in [5.41, 5.74) is 12.2. The highest BCUT2D eigenvalue weighted by molar-refractivity contribution is 6.25. The zero-order valence-electron chi connectivity index (χ0n) is 22.2. The van der Waals surface area contributed by atoms with Crippen molar-refractivity contribution in [2.75, 3.05) is 52.5 Å². The second-order valence-corrected chi connectivity index (χ2v) is 8.81. The molecule has 8 heteroatoms. The molecule has 3 N–H and O–H groups in total. The largest absolute Gasteiger partial charge is 0.494 e. The highest BCUT2D eigenvalue weighted by atomic mass is 16.5. The van der Waals surface area contributed by atoms with E-state index in [1.165, 1.54) is 0 Å². The van der Waals surface area contributed by atoms with E-state index in [2.05, 4.69) is 48.0 Å². The maximum absolute atomic E-state index is 11.4. The van der Waals surface area contributed by atoms with Crippen molar-refractivity contribution in [2.24, 2.45) is 10.8 Å². The lowest BCUT2D eigenvalue weighted by Gasteiger charge is -2.17. The molecule has 2 amide bonds. The van der Waals surface area contributed by atoms with Crippen LogP contribution < -0.4 is 20.6 Å². The Labute approximate surface area is 215 Å². The normalized spacial score (nSPS) is 12.0. The number of urea groups is 1. The zero-order valence-corrected chi connectivity index (χ0v) is 22.2. The van der Waals surface area contributed by atoms with Crippen LogP contribution in [0.5, 0.6) is 11.5 Å². The summed E-state index contributed by atoms with van der Waals surface area (Å²) < 4.78 is 12.1. The van der Waals surface area contributed by atoms with Crippen LogP contribution in [0.3, 0.4) is 0 Å². The Morgan fingerprint density at radius 1 is 0.778 bits per heavy atom. The van der Waals surface area contributed by atoms with E-state index in [0.717, 1.165) is 85.9 Å². The number of hydrazone groups is 1. The van der Waals surface area contributed by atoms with Crippen LogP contribution in [0.15, 0.2) is 41.5 Å². The fraction of sp³-hybridized carbons (Fsp3) is 0.500. The van der Waals surface area contributed by atoms with Crippen molar-refractivity contribution in [1.29, 1.82) is 0 Å². The second kappa shape index (κ2) is 13.8. The minimum atomic E-state index is -0.704. The number of fused-ring (bicyclic) bond motifs is 3. The number of nitrogens with zero attached hydrogens (tertiary/aromatic N) is 3. The van der Waals surface area contributed by atoms with Crippen molar-refractivity contribution >= 4 is 11.7 Å². The number of hydrogen-bond acceptors (Lipinski definition) is 6. The first-order valence-electron chi connectivity index (χ1n) is 13.1. The van der Waals surface area contributed by atoms with E-state index in [9.17, 15) is 4.79 Å². The average molecular weight is 496 g/mol. The molecule has 36 heavy (non-hydrogen) atoms. The zero-order chi connectivity index (χ0) is 25.9. The van der Waals surface area contributed by atoms with Crippen molar-refractivity contribution in [3.05, 3.63) is 47.5 Å². The van der Waals surface area contributed by atoms with Crippen LogP contribution in [-0.4, -0.2) is 74.0 Å². The molecule has 0 radical (unpaired) electrons. The van der Waals surface area contributed by atoms with E-state index < -0.39 is 6.03 Å². The number of amides is 2. The summed E-state index contributed by atoms with van der Waals surface area (Å²) in [6.45, 7) is 16.2. The highest BCUT2D eigenvalue weighted by Gasteiger charge is 2.26. The molecule has 0 aromatic heterocycles. The van der Waals surface area contributed by atoms with Gasteiger partial charge in [-0.25, -0.2) is 10.2 Å². The maximum Gasteiger partial charge on any atom is 0.332 e. The molecule has 1 aliphatic rings. The van der Waals surface area contributed by atoms with E-state index in [-0.39, 0.29) is 0 Å². The molecule has 2 aromatic rings. The first-order valence-corrected chi connectivity index (χ1v) is 13.1. The van der Waals surface area contributed by atoms with Crippen molar-refractivity contribution in [3.8, 4) is 22.6 Å². The molecule has 196 valence electrons. The lowest BCUT2D eigenvalue weighted by atomic mass is 10.1. The predicted octanol–water partition coefficient (Wildman–Crippen LogP) is 4.31. The summed E-state index contributed by atoms with van der Waals surface area (Å²) in [7, 11) is 0. The molecule has 2 aromatic carbocycles. The Hall–Kier alpha value is -3.10. The summed E-state index contributed by atoms with van der Waals surface area (Å²) in [5.74, 6) is 1.56. The Morgan fingerprint density at radius 2 is 1.22 bits per heavy atom. The van der Waals surface area contributed by atoms with Gasteiger partial charge in [-0.2, -0.15) is 5.10 Å². The number of nitrogens with two attached hydrogens (primary N) is 1. The van der Waals surface area contributed by atoms with Crippen molar-refractivity contribution in [3.63, 3.8) is 0 Å². The Bertz CT molecular complexity index is 960. The first-order chi connectivity index (χ1) is 17.5. The smallest absolute Gasteiger partial charge is 0.332 e. The van der Waals surface area contributed by atoms with Gasteiger partial charge in [-0.1, -0.05) is 27.7 Å².